The van der Waals surface area contributed by atoms with Gasteiger partial charge < -0.3 is 20.4 Å². The fraction of sp³-hybridized carbons (Fsp3) is 0.273. The molecule has 1 saturated heterocycles. The van der Waals surface area contributed by atoms with E-state index in [1.165, 1.54) is 25.4 Å². The number of nitrogens with zero attached hydrogens (tertiary/aromatic N) is 5. The average Bonchev–Trinajstić information content (AvgIpc) is 2.79. The van der Waals surface area contributed by atoms with E-state index in [9.17, 15) is 18.0 Å². The first-order chi connectivity index (χ1) is 15.8. The van der Waals surface area contributed by atoms with Crippen molar-refractivity contribution in [3.05, 3.63) is 60.4 Å². The van der Waals surface area contributed by atoms with Crippen LogP contribution < -0.4 is 20.4 Å². The summed E-state index contributed by atoms with van der Waals surface area (Å²) < 4.78 is 39.1. The molecular formula is C22H22F3N7O. The molecule has 1 aromatic heterocycles. The van der Waals surface area contributed by atoms with Gasteiger partial charge in [-0.25, -0.2) is 9.97 Å². The normalized spacial score (nSPS) is 14.2. The standard InChI is InChI=1S/C22H22F3N7O/c1-15(33)28-17-5-3-6-18(13-17)29-20-26-14-27-21(30-20)32-10-8-31(9-11-32)19-7-2-4-16(12-19)22(23,24)25/h2-7,12-14H,8-11H2,1H3,(H,28,33)(H,26,27,29,30). The molecule has 1 aliphatic heterocycles. The Labute approximate surface area is 188 Å². The first-order valence-electron chi connectivity index (χ1n) is 10.3. The van der Waals surface area contributed by atoms with Gasteiger partial charge >= 0.3 is 6.18 Å². The van der Waals surface area contributed by atoms with Gasteiger partial charge in [0.05, 0.1) is 5.56 Å². The maximum Gasteiger partial charge on any atom is 0.416 e. The van der Waals surface area contributed by atoms with Crippen LogP contribution >= 0.6 is 0 Å². The molecule has 0 bridgehead atoms. The van der Waals surface area contributed by atoms with Gasteiger partial charge in [-0.15, -0.1) is 0 Å². The van der Waals surface area contributed by atoms with Crippen LogP contribution in [0.1, 0.15) is 12.5 Å². The fourth-order valence-corrected chi connectivity index (χ4v) is 3.55. The molecule has 1 fully saturated rings. The third-order valence-electron chi connectivity index (χ3n) is 5.10. The summed E-state index contributed by atoms with van der Waals surface area (Å²) in [5, 5.41) is 5.81. The van der Waals surface area contributed by atoms with Crippen LogP contribution in [-0.2, 0) is 11.0 Å². The molecule has 4 rings (SSSR count). The number of piperazine rings is 1. The van der Waals surface area contributed by atoms with Crippen LogP contribution in [0.4, 0.5) is 42.1 Å². The Kier molecular flexibility index (Phi) is 6.29. The molecule has 0 atom stereocenters. The quantitative estimate of drug-likeness (QED) is 0.601. The number of carbonyl (C=O) groups is 1. The van der Waals surface area contributed by atoms with Gasteiger partial charge in [0.25, 0.3) is 0 Å². The molecule has 0 unspecified atom stereocenters. The summed E-state index contributed by atoms with van der Waals surface area (Å²) in [6, 6.07) is 12.5. The lowest BCUT2D eigenvalue weighted by Gasteiger charge is -2.36. The van der Waals surface area contributed by atoms with Crippen molar-refractivity contribution in [2.45, 2.75) is 13.1 Å². The highest BCUT2D eigenvalue weighted by molar-refractivity contribution is 5.89. The Hall–Kier alpha value is -3.89. The maximum absolute atomic E-state index is 13.0. The zero-order valence-corrected chi connectivity index (χ0v) is 17.8. The van der Waals surface area contributed by atoms with Crippen LogP contribution in [0.3, 0.4) is 0 Å². The number of aromatic nitrogens is 3. The monoisotopic (exact) mass is 457 g/mol. The average molecular weight is 457 g/mol. The summed E-state index contributed by atoms with van der Waals surface area (Å²) in [4.78, 5) is 28.0. The van der Waals surface area contributed by atoms with E-state index in [-0.39, 0.29) is 5.91 Å². The van der Waals surface area contributed by atoms with Gasteiger partial charge in [-0.2, -0.15) is 18.2 Å². The Bertz CT molecular complexity index is 1130. The molecule has 172 valence electrons. The van der Waals surface area contributed by atoms with Crippen LogP contribution in [0, 0.1) is 0 Å². The Balaban J connectivity index is 1.41. The number of hydrogen-bond acceptors (Lipinski definition) is 7. The molecule has 0 radical (unpaired) electrons. The van der Waals surface area contributed by atoms with Gasteiger partial charge in [0.15, 0.2) is 0 Å². The van der Waals surface area contributed by atoms with Crippen LogP contribution in [0.5, 0.6) is 0 Å². The van der Waals surface area contributed by atoms with E-state index in [4.69, 9.17) is 0 Å². The summed E-state index contributed by atoms with van der Waals surface area (Å²) in [6.07, 6.45) is -2.96. The highest BCUT2D eigenvalue weighted by Crippen LogP contribution is 2.32. The molecule has 0 spiro atoms. The first kappa shape index (κ1) is 22.3. The fourth-order valence-electron chi connectivity index (χ4n) is 3.55. The summed E-state index contributed by atoms with van der Waals surface area (Å²) >= 11 is 0. The number of amides is 1. The van der Waals surface area contributed by atoms with E-state index >= 15 is 0 Å². The molecule has 0 saturated carbocycles. The molecule has 2 N–H and O–H groups in total. The highest BCUT2D eigenvalue weighted by atomic mass is 19.4. The van der Waals surface area contributed by atoms with E-state index in [0.29, 0.717) is 55.1 Å². The topological polar surface area (TPSA) is 86.3 Å². The number of anilines is 5. The smallest absolute Gasteiger partial charge is 0.368 e. The van der Waals surface area contributed by atoms with Gasteiger partial charge in [0, 0.05) is 50.2 Å². The molecule has 11 heteroatoms. The number of carbonyl (C=O) groups excluding carboxylic acids is 1. The second kappa shape index (κ2) is 9.31. The van der Waals surface area contributed by atoms with Crippen molar-refractivity contribution in [2.75, 3.05) is 46.6 Å². The van der Waals surface area contributed by atoms with E-state index in [1.54, 1.807) is 24.3 Å². The number of rotatable bonds is 5. The zero-order chi connectivity index (χ0) is 23.4. The third kappa shape index (κ3) is 5.68. The summed E-state index contributed by atoms with van der Waals surface area (Å²) in [5.74, 6) is 0.661. The van der Waals surface area contributed by atoms with E-state index in [0.717, 1.165) is 6.07 Å². The first-order valence-corrected chi connectivity index (χ1v) is 10.3. The number of halogens is 3. The van der Waals surface area contributed by atoms with Gasteiger partial charge in [0.2, 0.25) is 17.8 Å². The van der Waals surface area contributed by atoms with Crippen LogP contribution in [0.2, 0.25) is 0 Å². The van der Waals surface area contributed by atoms with Gasteiger partial charge in [-0.1, -0.05) is 12.1 Å². The molecule has 1 aliphatic rings. The molecule has 33 heavy (non-hydrogen) atoms. The number of benzene rings is 2. The van der Waals surface area contributed by atoms with Crippen molar-refractivity contribution in [2.24, 2.45) is 0 Å². The van der Waals surface area contributed by atoms with Crippen molar-refractivity contribution in [1.82, 2.24) is 15.0 Å². The number of nitrogens with one attached hydrogen (secondary N) is 2. The summed E-state index contributed by atoms with van der Waals surface area (Å²) in [7, 11) is 0. The molecule has 8 nitrogen and oxygen atoms in total. The predicted octanol–water partition coefficient (Wildman–Crippen LogP) is 3.92. The molecule has 3 aromatic rings. The zero-order valence-electron chi connectivity index (χ0n) is 17.8. The van der Waals surface area contributed by atoms with Crippen molar-refractivity contribution in [3.63, 3.8) is 0 Å². The largest absolute Gasteiger partial charge is 0.416 e. The van der Waals surface area contributed by atoms with E-state index in [1.807, 2.05) is 15.9 Å². The number of alkyl halides is 3. The molecule has 2 heterocycles. The Morgan fingerprint density at radius 2 is 1.64 bits per heavy atom. The Morgan fingerprint density at radius 1 is 0.939 bits per heavy atom. The van der Waals surface area contributed by atoms with Crippen LogP contribution in [0.25, 0.3) is 0 Å². The van der Waals surface area contributed by atoms with Gasteiger partial charge in [-0.3, -0.25) is 4.79 Å². The SMILES string of the molecule is CC(=O)Nc1cccc(Nc2ncnc(N3CCN(c4cccc(C(F)(F)F)c4)CC3)n2)c1. The third-order valence-corrected chi connectivity index (χ3v) is 5.10. The summed E-state index contributed by atoms with van der Waals surface area (Å²) in [6.45, 7) is 3.61. The second-order valence-corrected chi connectivity index (χ2v) is 7.52. The maximum atomic E-state index is 13.0. The minimum absolute atomic E-state index is 0.168. The van der Waals surface area contributed by atoms with Gasteiger partial charge in [0.1, 0.15) is 6.33 Å². The lowest BCUT2D eigenvalue weighted by atomic mass is 10.1. The van der Waals surface area contributed by atoms with E-state index < -0.39 is 11.7 Å². The molecular weight excluding hydrogens is 435 g/mol. The lowest BCUT2D eigenvalue weighted by molar-refractivity contribution is -0.137. The second-order valence-electron chi connectivity index (χ2n) is 7.52. The van der Waals surface area contributed by atoms with Gasteiger partial charge in [-0.05, 0) is 36.4 Å². The minimum Gasteiger partial charge on any atom is -0.368 e. The van der Waals surface area contributed by atoms with Crippen LogP contribution in [-0.4, -0.2) is 47.0 Å². The highest BCUT2D eigenvalue weighted by Gasteiger charge is 2.31. The Morgan fingerprint density at radius 3 is 2.36 bits per heavy atom. The van der Waals surface area contributed by atoms with Crippen LogP contribution in [0.15, 0.2) is 54.9 Å². The molecule has 1 amide bonds. The lowest BCUT2D eigenvalue weighted by Crippen LogP contribution is -2.47. The van der Waals surface area contributed by atoms with E-state index in [2.05, 4.69) is 25.6 Å². The van der Waals surface area contributed by atoms with Crippen molar-refractivity contribution in [3.8, 4) is 0 Å². The van der Waals surface area contributed by atoms with Crippen molar-refractivity contribution in [1.29, 1.82) is 0 Å². The van der Waals surface area contributed by atoms with Crippen molar-refractivity contribution < 1.29 is 18.0 Å². The van der Waals surface area contributed by atoms with Crippen molar-refractivity contribution >= 4 is 34.9 Å². The number of hydrogen-bond donors (Lipinski definition) is 2. The minimum atomic E-state index is -4.37. The summed E-state index contributed by atoms with van der Waals surface area (Å²) in [5.41, 5.74) is 1.24. The molecule has 0 aliphatic carbocycles. The molecule has 2 aromatic carbocycles. The predicted molar refractivity (Wildman–Crippen MR) is 120 cm³/mol.